The van der Waals surface area contributed by atoms with E-state index in [1.165, 1.54) is 11.4 Å². The smallest absolute Gasteiger partial charge is 0.252 e. The lowest BCUT2D eigenvalue weighted by Crippen LogP contribution is -2.29. The summed E-state index contributed by atoms with van der Waals surface area (Å²) in [6, 6.07) is 15.7. The molecule has 24 heavy (non-hydrogen) atoms. The lowest BCUT2D eigenvalue weighted by molar-refractivity contribution is 0.465. The van der Waals surface area contributed by atoms with Crippen LogP contribution in [-0.2, 0) is 16.6 Å². The molecule has 0 unspecified atom stereocenters. The standard InChI is InChI=1S/C18H18N2O3S/c1-13-8-9-17-14(10-13)11-15(18(21)19-17)12-20(2)24(22,23)16-6-4-3-5-7-16/h3-11H,12H2,1-2H3,(H,19,21). The first-order chi connectivity index (χ1) is 11.4. The average molecular weight is 342 g/mol. The lowest BCUT2D eigenvalue weighted by atomic mass is 10.1. The fraction of sp³-hybridized carbons (Fsp3) is 0.167. The van der Waals surface area contributed by atoms with E-state index in [2.05, 4.69) is 4.98 Å². The van der Waals surface area contributed by atoms with Gasteiger partial charge < -0.3 is 4.98 Å². The Labute approximate surface area is 140 Å². The maximum Gasteiger partial charge on any atom is 0.252 e. The van der Waals surface area contributed by atoms with Crippen molar-refractivity contribution in [2.45, 2.75) is 18.4 Å². The molecule has 0 aliphatic heterocycles. The van der Waals surface area contributed by atoms with Crippen LogP contribution in [0.2, 0.25) is 0 Å². The van der Waals surface area contributed by atoms with Crippen LogP contribution < -0.4 is 5.56 Å². The fourth-order valence-corrected chi connectivity index (χ4v) is 3.76. The van der Waals surface area contributed by atoms with Crippen LogP contribution in [0.3, 0.4) is 0 Å². The van der Waals surface area contributed by atoms with Crippen LogP contribution in [0.4, 0.5) is 0 Å². The average Bonchev–Trinajstić information content (AvgIpc) is 2.56. The molecule has 0 aliphatic rings. The van der Waals surface area contributed by atoms with Crippen molar-refractivity contribution in [2.24, 2.45) is 0 Å². The maximum absolute atomic E-state index is 12.6. The van der Waals surface area contributed by atoms with Crippen LogP contribution >= 0.6 is 0 Å². The zero-order valence-corrected chi connectivity index (χ0v) is 14.3. The van der Waals surface area contributed by atoms with Gasteiger partial charge in [-0.15, -0.1) is 0 Å². The molecule has 0 bridgehead atoms. The summed E-state index contributed by atoms with van der Waals surface area (Å²) in [5, 5.41) is 0.884. The number of nitrogens with zero attached hydrogens (tertiary/aromatic N) is 1. The molecule has 5 nitrogen and oxygen atoms in total. The third-order valence-corrected chi connectivity index (χ3v) is 5.74. The molecule has 0 spiro atoms. The van der Waals surface area contributed by atoms with Crippen LogP contribution in [0.15, 0.2) is 64.3 Å². The van der Waals surface area contributed by atoms with Crippen molar-refractivity contribution < 1.29 is 8.42 Å². The second kappa shape index (κ2) is 6.22. The summed E-state index contributed by atoms with van der Waals surface area (Å²) in [4.78, 5) is 15.3. The summed E-state index contributed by atoms with van der Waals surface area (Å²) in [5.41, 5.74) is 1.95. The monoisotopic (exact) mass is 342 g/mol. The van der Waals surface area contributed by atoms with Gasteiger partial charge >= 0.3 is 0 Å². The second-order valence-electron chi connectivity index (χ2n) is 5.79. The normalized spacial score (nSPS) is 12.0. The lowest BCUT2D eigenvalue weighted by Gasteiger charge is -2.17. The Balaban J connectivity index is 1.97. The fourth-order valence-electron chi connectivity index (χ4n) is 2.59. The number of hydrogen-bond donors (Lipinski definition) is 1. The highest BCUT2D eigenvalue weighted by Crippen LogP contribution is 2.17. The number of nitrogens with one attached hydrogen (secondary N) is 1. The van der Waals surface area contributed by atoms with Crippen molar-refractivity contribution >= 4 is 20.9 Å². The minimum atomic E-state index is -3.63. The van der Waals surface area contributed by atoms with Gasteiger partial charge in [0, 0.05) is 24.7 Å². The number of aromatic amines is 1. The Hall–Kier alpha value is -2.44. The molecule has 124 valence electrons. The van der Waals surface area contributed by atoms with Gasteiger partial charge in [0.05, 0.1) is 4.90 Å². The van der Waals surface area contributed by atoms with Gasteiger partial charge in [0.15, 0.2) is 0 Å². The van der Waals surface area contributed by atoms with Gasteiger partial charge in [0.1, 0.15) is 0 Å². The summed E-state index contributed by atoms with van der Waals surface area (Å²) in [6.45, 7) is 1.98. The van der Waals surface area contributed by atoms with E-state index in [1.807, 2.05) is 25.1 Å². The highest BCUT2D eigenvalue weighted by Gasteiger charge is 2.21. The van der Waals surface area contributed by atoms with E-state index in [-0.39, 0.29) is 17.0 Å². The number of sulfonamides is 1. The molecule has 1 aromatic heterocycles. The van der Waals surface area contributed by atoms with Crippen molar-refractivity contribution in [2.75, 3.05) is 7.05 Å². The topological polar surface area (TPSA) is 70.2 Å². The van der Waals surface area contributed by atoms with Gasteiger partial charge in [-0.25, -0.2) is 8.42 Å². The highest BCUT2D eigenvalue weighted by molar-refractivity contribution is 7.89. The van der Waals surface area contributed by atoms with Crippen molar-refractivity contribution in [3.63, 3.8) is 0 Å². The SMILES string of the molecule is Cc1ccc2[nH]c(=O)c(CN(C)S(=O)(=O)c3ccccc3)cc2c1. The quantitative estimate of drug-likeness (QED) is 0.792. The molecule has 0 saturated heterocycles. The van der Waals surface area contributed by atoms with Crippen molar-refractivity contribution in [3.8, 4) is 0 Å². The van der Waals surface area contributed by atoms with Gasteiger partial charge in [-0.1, -0.05) is 29.8 Å². The van der Waals surface area contributed by atoms with Gasteiger partial charge in [-0.3, -0.25) is 4.79 Å². The Bertz CT molecular complexity index is 1040. The van der Waals surface area contributed by atoms with E-state index in [0.717, 1.165) is 16.5 Å². The van der Waals surface area contributed by atoms with E-state index in [4.69, 9.17) is 0 Å². The number of benzene rings is 2. The number of hydrogen-bond acceptors (Lipinski definition) is 3. The molecule has 1 N–H and O–H groups in total. The van der Waals surface area contributed by atoms with Crippen LogP contribution in [0.1, 0.15) is 11.1 Å². The minimum absolute atomic E-state index is 0.0104. The van der Waals surface area contributed by atoms with Crippen molar-refractivity contribution in [3.05, 3.63) is 76.1 Å². The predicted molar refractivity (Wildman–Crippen MR) is 94.4 cm³/mol. The minimum Gasteiger partial charge on any atom is -0.322 e. The van der Waals surface area contributed by atoms with E-state index >= 15 is 0 Å². The van der Waals surface area contributed by atoms with E-state index in [0.29, 0.717) is 5.56 Å². The van der Waals surface area contributed by atoms with Crippen LogP contribution in [-0.4, -0.2) is 24.8 Å². The number of rotatable bonds is 4. The van der Waals surface area contributed by atoms with Gasteiger partial charge in [0.2, 0.25) is 10.0 Å². The number of fused-ring (bicyclic) bond motifs is 1. The number of pyridine rings is 1. The molecule has 2 aromatic carbocycles. The third kappa shape index (κ3) is 3.11. The molecular formula is C18H18N2O3S. The molecule has 3 aromatic rings. The molecule has 0 radical (unpaired) electrons. The predicted octanol–water partition coefficient (Wildman–Crippen LogP) is 2.66. The van der Waals surface area contributed by atoms with E-state index < -0.39 is 10.0 Å². The summed E-state index contributed by atoms with van der Waals surface area (Å²) >= 11 is 0. The highest BCUT2D eigenvalue weighted by atomic mass is 32.2. The molecule has 0 saturated carbocycles. The molecule has 0 aliphatic carbocycles. The first kappa shape index (κ1) is 16.4. The van der Waals surface area contributed by atoms with E-state index in [9.17, 15) is 13.2 Å². The maximum atomic E-state index is 12.6. The van der Waals surface area contributed by atoms with Crippen LogP contribution in [0.25, 0.3) is 10.9 Å². The summed E-state index contributed by atoms with van der Waals surface area (Å²) in [5.74, 6) is 0. The third-order valence-electron chi connectivity index (χ3n) is 3.92. The molecule has 3 rings (SSSR count). The Morgan fingerprint density at radius 3 is 2.46 bits per heavy atom. The zero-order chi connectivity index (χ0) is 17.3. The van der Waals surface area contributed by atoms with Crippen LogP contribution in [0, 0.1) is 6.92 Å². The Morgan fingerprint density at radius 2 is 1.75 bits per heavy atom. The van der Waals surface area contributed by atoms with E-state index in [1.54, 1.807) is 36.4 Å². The number of H-pyrrole nitrogens is 1. The summed E-state index contributed by atoms with van der Waals surface area (Å²) < 4.78 is 26.3. The number of aromatic nitrogens is 1. The Kier molecular flexibility index (Phi) is 4.26. The first-order valence-corrected chi connectivity index (χ1v) is 8.96. The second-order valence-corrected chi connectivity index (χ2v) is 7.83. The zero-order valence-electron chi connectivity index (χ0n) is 13.5. The molecule has 1 heterocycles. The van der Waals surface area contributed by atoms with Gasteiger partial charge in [-0.05, 0) is 42.6 Å². The Morgan fingerprint density at radius 1 is 1.04 bits per heavy atom. The van der Waals surface area contributed by atoms with Crippen LogP contribution in [0.5, 0.6) is 0 Å². The van der Waals surface area contributed by atoms with Crippen molar-refractivity contribution in [1.29, 1.82) is 0 Å². The van der Waals surface area contributed by atoms with Gasteiger partial charge in [0.25, 0.3) is 5.56 Å². The molecule has 0 amide bonds. The molecule has 6 heteroatoms. The summed E-state index contributed by atoms with van der Waals surface area (Å²) in [7, 11) is -2.16. The molecule has 0 fully saturated rings. The van der Waals surface area contributed by atoms with Gasteiger partial charge in [-0.2, -0.15) is 4.31 Å². The summed E-state index contributed by atoms with van der Waals surface area (Å²) in [6.07, 6.45) is 0. The molecule has 0 atom stereocenters. The number of aryl methyl sites for hydroxylation is 1. The molecular weight excluding hydrogens is 324 g/mol. The van der Waals surface area contributed by atoms with Crippen molar-refractivity contribution in [1.82, 2.24) is 9.29 Å². The largest absolute Gasteiger partial charge is 0.322 e. The first-order valence-electron chi connectivity index (χ1n) is 7.52.